The van der Waals surface area contributed by atoms with Gasteiger partial charge in [0.15, 0.2) is 0 Å². The van der Waals surface area contributed by atoms with Crippen LogP contribution in [0.15, 0.2) is 12.5 Å². The van der Waals surface area contributed by atoms with Crippen LogP contribution in [0.3, 0.4) is 0 Å². The number of aromatic amines is 1. The number of carbonyl (C=O) groups is 2. The molecule has 1 saturated carbocycles. The Morgan fingerprint density at radius 1 is 1.34 bits per heavy atom. The Bertz CT molecular complexity index is 609. The summed E-state index contributed by atoms with van der Waals surface area (Å²) in [6.45, 7) is 3.40. The van der Waals surface area contributed by atoms with E-state index in [0.29, 0.717) is 18.0 Å². The number of aliphatic hydroxyl groups is 1. The lowest BCUT2D eigenvalue weighted by Gasteiger charge is -2.31. The summed E-state index contributed by atoms with van der Waals surface area (Å²) in [4.78, 5) is 31.8. The van der Waals surface area contributed by atoms with Crippen LogP contribution in [0, 0.1) is 5.92 Å². The maximum atomic E-state index is 12.5. The van der Waals surface area contributed by atoms with Crippen LogP contribution in [-0.4, -0.2) is 44.8 Å². The van der Waals surface area contributed by atoms with Crippen molar-refractivity contribution in [3.63, 3.8) is 0 Å². The van der Waals surface area contributed by atoms with Crippen molar-refractivity contribution in [1.82, 2.24) is 15.3 Å². The monoisotopic (exact) mass is 452 g/mol. The predicted octanol–water partition coefficient (Wildman–Crippen LogP) is 2.24. The summed E-state index contributed by atoms with van der Waals surface area (Å²) in [5.41, 5.74) is 4.49. The Morgan fingerprint density at radius 3 is 2.55 bits per heavy atom. The molecule has 0 saturated heterocycles. The minimum atomic E-state index is -2.07. The first-order valence-corrected chi connectivity index (χ1v) is 9.79. The van der Waals surface area contributed by atoms with Crippen LogP contribution in [-0.2, 0) is 20.7 Å². The number of halogens is 2. The zero-order valence-electron chi connectivity index (χ0n) is 17.1. The van der Waals surface area contributed by atoms with E-state index in [1.807, 2.05) is 0 Å². The second-order valence-corrected chi connectivity index (χ2v) is 7.72. The number of rotatable bonds is 9. The summed E-state index contributed by atoms with van der Waals surface area (Å²) in [7, 11) is 0. The molecule has 1 amide bonds. The molecule has 1 unspecified atom stereocenters. The zero-order valence-corrected chi connectivity index (χ0v) is 18.7. The van der Waals surface area contributed by atoms with Crippen LogP contribution in [0.4, 0.5) is 0 Å². The smallest absolute Gasteiger partial charge is 0.359 e. The van der Waals surface area contributed by atoms with Gasteiger partial charge >= 0.3 is 5.97 Å². The maximum Gasteiger partial charge on any atom is 0.359 e. The molecule has 1 aromatic rings. The molecule has 0 spiro atoms. The van der Waals surface area contributed by atoms with E-state index >= 15 is 0 Å². The Morgan fingerprint density at radius 2 is 2.00 bits per heavy atom. The highest BCUT2D eigenvalue weighted by atomic mass is 35.5. The number of hydrogen-bond acceptors (Lipinski definition) is 6. The van der Waals surface area contributed by atoms with Gasteiger partial charge in [-0.05, 0) is 26.2 Å². The van der Waals surface area contributed by atoms with Gasteiger partial charge < -0.3 is 25.9 Å². The number of nitrogens with one attached hydrogen (secondary N) is 2. The highest BCUT2D eigenvalue weighted by molar-refractivity contribution is 5.89. The molecule has 2 atom stereocenters. The van der Waals surface area contributed by atoms with Crippen molar-refractivity contribution in [2.75, 3.05) is 0 Å². The summed E-state index contributed by atoms with van der Waals surface area (Å²) >= 11 is 0. The van der Waals surface area contributed by atoms with E-state index in [1.165, 1.54) is 25.6 Å². The van der Waals surface area contributed by atoms with Gasteiger partial charge in [-0.2, -0.15) is 0 Å². The van der Waals surface area contributed by atoms with Crippen LogP contribution >= 0.6 is 24.8 Å². The normalized spacial score (nSPS) is 17.4. The Labute approximate surface area is 184 Å². The number of imidazole rings is 1. The molecule has 10 heteroatoms. The molecule has 168 valence electrons. The number of hydrogen-bond donors (Lipinski definition) is 4. The van der Waals surface area contributed by atoms with Gasteiger partial charge in [-0.3, -0.25) is 4.79 Å². The largest absolute Gasteiger partial charge is 0.459 e. The zero-order chi connectivity index (χ0) is 19.9. The highest BCUT2D eigenvalue weighted by Crippen LogP contribution is 2.29. The number of amides is 1. The van der Waals surface area contributed by atoms with Gasteiger partial charge in [0.05, 0.1) is 24.2 Å². The minimum Gasteiger partial charge on any atom is -0.459 e. The first-order valence-electron chi connectivity index (χ1n) is 9.79. The third kappa shape index (κ3) is 8.90. The van der Waals surface area contributed by atoms with Crippen molar-refractivity contribution in [3.8, 4) is 0 Å². The molecule has 1 fully saturated rings. The molecule has 0 radical (unpaired) electrons. The lowest BCUT2D eigenvalue weighted by molar-refractivity contribution is -0.177. The third-order valence-corrected chi connectivity index (χ3v) is 4.97. The minimum absolute atomic E-state index is 0. The van der Waals surface area contributed by atoms with Gasteiger partial charge in [-0.15, -0.1) is 24.8 Å². The van der Waals surface area contributed by atoms with E-state index in [4.69, 9.17) is 10.5 Å². The van der Waals surface area contributed by atoms with E-state index in [2.05, 4.69) is 15.3 Å². The van der Waals surface area contributed by atoms with E-state index in [9.17, 15) is 14.7 Å². The molecule has 2 rings (SSSR count). The molecule has 29 heavy (non-hydrogen) atoms. The molecule has 1 aliphatic carbocycles. The number of aromatic nitrogens is 2. The number of ether oxygens (including phenoxy) is 1. The van der Waals surface area contributed by atoms with E-state index in [1.54, 1.807) is 20.0 Å². The van der Waals surface area contributed by atoms with Crippen molar-refractivity contribution in [2.45, 2.75) is 83.1 Å². The van der Waals surface area contributed by atoms with Crippen molar-refractivity contribution in [1.29, 1.82) is 0 Å². The van der Waals surface area contributed by atoms with Crippen LogP contribution in [0.2, 0.25) is 0 Å². The topological polar surface area (TPSA) is 130 Å². The summed E-state index contributed by atoms with van der Waals surface area (Å²) < 4.78 is 5.18. The number of H-pyrrole nitrogens is 1. The maximum absolute atomic E-state index is 12.5. The summed E-state index contributed by atoms with van der Waals surface area (Å²) in [6, 6.07) is -0.929. The van der Waals surface area contributed by atoms with Crippen LogP contribution in [0.5, 0.6) is 0 Å². The molecule has 0 bridgehead atoms. The molecular formula is C19H34Cl2N4O4. The average Bonchev–Trinajstić information content (AvgIpc) is 3.13. The van der Waals surface area contributed by atoms with E-state index < -0.39 is 29.7 Å². The summed E-state index contributed by atoms with van der Waals surface area (Å²) in [6.07, 6.45) is 9.46. The van der Waals surface area contributed by atoms with Gasteiger partial charge in [-0.25, -0.2) is 9.78 Å². The Hall–Kier alpha value is -1.35. The van der Waals surface area contributed by atoms with E-state index in [-0.39, 0.29) is 37.7 Å². The number of carbonyl (C=O) groups excluding carboxylic acids is 2. The molecule has 0 aliphatic heterocycles. The summed E-state index contributed by atoms with van der Waals surface area (Å²) in [5.74, 6) is -0.995. The first kappa shape index (κ1) is 27.6. The molecular weight excluding hydrogens is 419 g/mol. The fraction of sp³-hybridized carbons (Fsp3) is 0.737. The van der Waals surface area contributed by atoms with Gasteiger partial charge in [0.2, 0.25) is 11.6 Å². The van der Waals surface area contributed by atoms with Crippen molar-refractivity contribution >= 4 is 36.7 Å². The van der Waals surface area contributed by atoms with Crippen molar-refractivity contribution in [2.24, 2.45) is 11.7 Å². The van der Waals surface area contributed by atoms with Gasteiger partial charge in [0.1, 0.15) is 0 Å². The fourth-order valence-corrected chi connectivity index (χ4v) is 3.43. The SMILES string of the molecule is CC(C)OC(=O)C(O)(CCC1CCCCC1)NC(=O)[C@@H](N)Cc1c[nH]cn1.Cl.Cl. The lowest BCUT2D eigenvalue weighted by atomic mass is 9.84. The second-order valence-electron chi connectivity index (χ2n) is 7.72. The average molecular weight is 453 g/mol. The highest BCUT2D eigenvalue weighted by Gasteiger charge is 2.41. The molecule has 0 aromatic carbocycles. The second kappa shape index (κ2) is 13.1. The van der Waals surface area contributed by atoms with Gasteiger partial charge in [0.25, 0.3) is 0 Å². The number of nitrogens with two attached hydrogens (primary N) is 1. The number of nitrogens with zero attached hydrogens (tertiary/aromatic N) is 1. The molecule has 1 aromatic heterocycles. The standard InChI is InChI=1S/C19H32N4O4.2ClH/c1-13(2)27-18(25)19(26,9-8-14-6-4-3-5-7-14)23-17(24)16(20)10-15-11-21-12-22-15;;/h11-14,16,26H,3-10,20H2,1-2H3,(H,21,22)(H,23,24);2*1H/t16-,19?;;/m0../s1. The third-order valence-electron chi connectivity index (χ3n) is 4.97. The van der Waals surface area contributed by atoms with Crippen LogP contribution in [0.1, 0.15) is 64.5 Å². The number of esters is 1. The van der Waals surface area contributed by atoms with Crippen LogP contribution in [0.25, 0.3) is 0 Å². The molecule has 1 heterocycles. The quantitative estimate of drug-likeness (QED) is 0.335. The van der Waals surface area contributed by atoms with Gasteiger partial charge in [-0.1, -0.05) is 32.1 Å². The molecule has 5 N–H and O–H groups in total. The van der Waals surface area contributed by atoms with Crippen molar-refractivity contribution < 1.29 is 19.4 Å². The first-order chi connectivity index (χ1) is 12.8. The molecule has 8 nitrogen and oxygen atoms in total. The Kier molecular flexibility index (Phi) is 12.4. The predicted molar refractivity (Wildman–Crippen MR) is 115 cm³/mol. The Balaban J connectivity index is 0.00000392. The molecule has 1 aliphatic rings. The van der Waals surface area contributed by atoms with E-state index in [0.717, 1.165) is 12.8 Å². The van der Waals surface area contributed by atoms with Gasteiger partial charge in [0, 0.05) is 19.0 Å². The lowest BCUT2D eigenvalue weighted by Crippen LogP contribution is -2.59. The van der Waals surface area contributed by atoms with Crippen molar-refractivity contribution in [3.05, 3.63) is 18.2 Å². The van der Waals surface area contributed by atoms with Crippen LogP contribution < -0.4 is 11.1 Å². The summed E-state index contributed by atoms with van der Waals surface area (Å²) in [5, 5.41) is 13.4. The fourth-order valence-electron chi connectivity index (χ4n) is 3.43.